The summed E-state index contributed by atoms with van der Waals surface area (Å²) in [6, 6.07) is 2.11. The van der Waals surface area contributed by atoms with E-state index in [2.05, 4.69) is 24.6 Å². The van der Waals surface area contributed by atoms with Crippen molar-refractivity contribution in [3.8, 4) is 0 Å². The van der Waals surface area contributed by atoms with Crippen molar-refractivity contribution >= 4 is 6.08 Å². The van der Waals surface area contributed by atoms with Crippen molar-refractivity contribution in [1.82, 2.24) is 4.98 Å². The summed E-state index contributed by atoms with van der Waals surface area (Å²) in [6.07, 6.45) is 4.77. The average Bonchev–Trinajstić information content (AvgIpc) is 2.20. The first kappa shape index (κ1) is 11.9. The normalized spacial score (nSPS) is 8.62. The molecule has 0 saturated heterocycles. The predicted octanol–water partition coefficient (Wildman–Crippen LogP) is 3.62. The molecule has 0 spiro atoms. The summed E-state index contributed by atoms with van der Waals surface area (Å²) in [7, 11) is 0. The average molecular weight is 177 g/mol. The van der Waals surface area contributed by atoms with E-state index in [0.29, 0.717) is 0 Å². The van der Waals surface area contributed by atoms with Gasteiger partial charge in [-0.2, -0.15) is 0 Å². The zero-order valence-electron chi connectivity index (χ0n) is 9.09. The zero-order valence-corrected chi connectivity index (χ0v) is 9.09. The van der Waals surface area contributed by atoms with E-state index in [1.807, 2.05) is 33.0 Å². The second-order valence-corrected chi connectivity index (χ2v) is 2.58. The van der Waals surface area contributed by atoms with Crippen LogP contribution in [0.25, 0.3) is 6.08 Å². The lowest BCUT2D eigenvalue weighted by molar-refractivity contribution is 1.08. The Morgan fingerprint density at radius 3 is 2.54 bits per heavy atom. The number of nitrogens with zero attached hydrogens (tertiary/aromatic N) is 1. The highest BCUT2D eigenvalue weighted by molar-refractivity contribution is 5.50. The molecule has 0 radical (unpaired) electrons. The SMILES string of the molecule is C=Cc1cnc(C)cc1CC.CC. The number of hydrogen-bond donors (Lipinski definition) is 0. The Morgan fingerprint density at radius 1 is 1.46 bits per heavy atom. The van der Waals surface area contributed by atoms with Crippen LogP contribution in [0.4, 0.5) is 0 Å². The van der Waals surface area contributed by atoms with Crippen molar-refractivity contribution in [2.45, 2.75) is 34.1 Å². The van der Waals surface area contributed by atoms with Crippen LogP contribution in [0, 0.1) is 6.92 Å². The molecule has 1 rings (SSSR count). The Hall–Kier alpha value is -1.11. The summed E-state index contributed by atoms with van der Waals surface area (Å²) in [6.45, 7) is 11.9. The molecule has 1 aromatic rings. The molecule has 0 saturated carbocycles. The number of aryl methyl sites for hydroxylation is 2. The Bertz CT molecular complexity index is 264. The molecule has 0 fully saturated rings. The number of rotatable bonds is 2. The van der Waals surface area contributed by atoms with Gasteiger partial charge in [0.25, 0.3) is 0 Å². The van der Waals surface area contributed by atoms with E-state index in [4.69, 9.17) is 0 Å². The van der Waals surface area contributed by atoms with Crippen LogP contribution in [-0.2, 0) is 6.42 Å². The highest BCUT2D eigenvalue weighted by Gasteiger charge is 1.96. The molecule has 1 heteroatoms. The first-order valence-corrected chi connectivity index (χ1v) is 4.86. The molecule has 0 bridgehead atoms. The fourth-order valence-electron chi connectivity index (χ4n) is 1.12. The van der Waals surface area contributed by atoms with Gasteiger partial charge in [0.15, 0.2) is 0 Å². The Balaban J connectivity index is 0.000000671. The molecule has 0 aromatic carbocycles. The van der Waals surface area contributed by atoms with Crippen molar-refractivity contribution in [1.29, 1.82) is 0 Å². The summed E-state index contributed by atoms with van der Waals surface area (Å²) in [5, 5.41) is 0. The maximum absolute atomic E-state index is 4.19. The molecule has 1 heterocycles. The molecule has 1 aromatic heterocycles. The predicted molar refractivity (Wildman–Crippen MR) is 59.8 cm³/mol. The number of pyridine rings is 1. The van der Waals surface area contributed by atoms with E-state index in [0.717, 1.165) is 17.7 Å². The highest BCUT2D eigenvalue weighted by atomic mass is 14.7. The Kier molecular flexibility index (Phi) is 5.86. The maximum Gasteiger partial charge on any atom is 0.0375 e. The standard InChI is InChI=1S/C10H13N.C2H6/c1-4-9-6-8(3)11-7-10(9)5-2;1-2/h5-7H,2,4H2,1,3H3;1-2H3. The smallest absolute Gasteiger partial charge is 0.0375 e. The third-order valence-electron chi connectivity index (χ3n) is 1.76. The van der Waals surface area contributed by atoms with Gasteiger partial charge in [-0.3, -0.25) is 4.98 Å². The number of aromatic nitrogens is 1. The summed E-state index contributed by atoms with van der Waals surface area (Å²) < 4.78 is 0. The van der Waals surface area contributed by atoms with Gasteiger partial charge in [0.05, 0.1) is 0 Å². The summed E-state index contributed by atoms with van der Waals surface area (Å²) >= 11 is 0. The summed E-state index contributed by atoms with van der Waals surface area (Å²) in [4.78, 5) is 4.19. The van der Waals surface area contributed by atoms with Crippen molar-refractivity contribution < 1.29 is 0 Å². The lowest BCUT2D eigenvalue weighted by Crippen LogP contribution is -1.90. The quantitative estimate of drug-likeness (QED) is 0.672. The van der Waals surface area contributed by atoms with Crippen LogP contribution in [0.15, 0.2) is 18.8 Å². The topological polar surface area (TPSA) is 12.9 Å². The molecule has 0 N–H and O–H groups in total. The van der Waals surface area contributed by atoms with E-state index in [-0.39, 0.29) is 0 Å². The van der Waals surface area contributed by atoms with Gasteiger partial charge in [-0.1, -0.05) is 33.4 Å². The first-order valence-electron chi connectivity index (χ1n) is 4.86. The van der Waals surface area contributed by atoms with Crippen LogP contribution in [0.1, 0.15) is 37.6 Å². The molecular formula is C12H19N. The fraction of sp³-hybridized carbons (Fsp3) is 0.417. The second kappa shape index (κ2) is 6.41. The largest absolute Gasteiger partial charge is 0.261 e. The zero-order chi connectivity index (χ0) is 10.3. The van der Waals surface area contributed by atoms with Gasteiger partial charge >= 0.3 is 0 Å². The minimum atomic E-state index is 1.05. The molecule has 0 aliphatic heterocycles. The molecule has 72 valence electrons. The third-order valence-corrected chi connectivity index (χ3v) is 1.76. The van der Waals surface area contributed by atoms with Gasteiger partial charge in [-0.15, -0.1) is 0 Å². The molecule has 1 nitrogen and oxygen atoms in total. The molecular weight excluding hydrogens is 158 g/mol. The van der Waals surface area contributed by atoms with Crippen molar-refractivity contribution in [3.05, 3.63) is 35.7 Å². The van der Waals surface area contributed by atoms with Crippen molar-refractivity contribution in [2.24, 2.45) is 0 Å². The molecule has 0 atom stereocenters. The molecule has 0 aliphatic carbocycles. The van der Waals surface area contributed by atoms with Gasteiger partial charge in [-0.05, 0) is 30.5 Å². The molecule has 13 heavy (non-hydrogen) atoms. The minimum Gasteiger partial charge on any atom is -0.261 e. The van der Waals surface area contributed by atoms with Gasteiger partial charge in [0.1, 0.15) is 0 Å². The van der Waals surface area contributed by atoms with Gasteiger partial charge < -0.3 is 0 Å². The second-order valence-electron chi connectivity index (χ2n) is 2.58. The maximum atomic E-state index is 4.19. The van der Waals surface area contributed by atoms with Crippen molar-refractivity contribution in [2.75, 3.05) is 0 Å². The summed E-state index contributed by atoms with van der Waals surface area (Å²) in [5.41, 5.74) is 3.55. The first-order chi connectivity index (χ1) is 6.27. The van der Waals surface area contributed by atoms with E-state index in [1.165, 1.54) is 5.56 Å². The van der Waals surface area contributed by atoms with Gasteiger partial charge in [-0.25, -0.2) is 0 Å². The fourth-order valence-corrected chi connectivity index (χ4v) is 1.12. The molecule has 0 unspecified atom stereocenters. The van der Waals surface area contributed by atoms with Crippen LogP contribution >= 0.6 is 0 Å². The van der Waals surface area contributed by atoms with E-state index in [1.54, 1.807) is 0 Å². The number of hydrogen-bond acceptors (Lipinski definition) is 1. The van der Waals surface area contributed by atoms with Gasteiger partial charge in [0.2, 0.25) is 0 Å². The minimum absolute atomic E-state index is 1.05. The van der Waals surface area contributed by atoms with E-state index in [9.17, 15) is 0 Å². The lowest BCUT2D eigenvalue weighted by atomic mass is 10.1. The third kappa shape index (κ3) is 3.41. The van der Waals surface area contributed by atoms with Crippen LogP contribution in [-0.4, -0.2) is 4.98 Å². The van der Waals surface area contributed by atoms with Gasteiger partial charge in [0, 0.05) is 11.9 Å². The van der Waals surface area contributed by atoms with E-state index >= 15 is 0 Å². The summed E-state index contributed by atoms with van der Waals surface area (Å²) in [5.74, 6) is 0. The van der Waals surface area contributed by atoms with E-state index < -0.39 is 0 Å². The Labute approximate surface area is 81.5 Å². The van der Waals surface area contributed by atoms with Crippen molar-refractivity contribution in [3.63, 3.8) is 0 Å². The lowest BCUT2D eigenvalue weighted by Gasteiger charge is -2.02. The monoisotopic (exact) mass is 177 g/mol. The molecule has 0 amide bonds. The molecule has 0 aliphatic rings. The highest BCUT2D eigenvalue weighted by Crippen LogP contribution is 2.10. The Morgan fingerprint density at radius 2 is 2.08 bits per heavy atom. The van der Waals surface area contributed by atoms with Crippen LogP contribution in [0.5, 0.6) is 0 Å². The van der Waals surface area contributed by atoms with Crippen LogP contribution < -0.4 is 0 Å². The van der Waals surface area contributed by atoms with Crippen LogP contribution in [0.3, 0.4) is 0 Å². The van der Waals surface area contributed by atoms with Crippen LogP contribution in [0.2, 0.25) is 0 Å².